The van der Waals surface area contributed by atoms with E-state index < -0.39 is 11.9 Å². The van der Waals surface area contributed by atoms with E-state index in [-0.39, 0.29) is 36.3 Å². The number of aromatic amines is 1. The average molecular weight is 337 g/mol. The molecule has 0 bridgehead atoms. The molecule has 1 N–H and O–H groups in total. The lowest BCUT2D eigenvalue weighted by atomic mass is 9.50. The number of alkyl halides is 2. The number of carbonyl (C=O) groups excluding carboxylic acids is 1. The van der Waals surface area contributed by atoms with Crippen molar-refractivity contribution in [3.63, 3.8) is 0 Å². The van der Waals surface area contributed by atoms with Gasteiger partial charge in [0.2, 0.25) is 5.92 Å². The molecule has 2 aromatic rings. The minimum atomic E-state index is -2.49. The molecule has 2 fully saturated rings. The second-order valence-corrected chi connectivity index (χ2v) is 6.76. The number of esters is 1. The zero-order valence-electron chi connectivity index (χ0n) is 13.1. The second kappa shape index (κ2) is 5.09. The van der Waals surface area contributed by atoms with E-state index in [2.05, 4.69) is 20.5 Å². The SMILES string of the molecule is CCOC(=O)c1cn[nH]c1-n1cc(C2CC3(C2)CC(F)(F)C3)nn1. The molecule has 1 spiro atoms. The molecule has 4 rings (SSSR count). The topological polar surface area (TPSA) is 85.7 Å². The first-order valence-electron chi connectivity index (χ1n) is 7.92. The summed E-state index contributed by atoms with van der Waals surface area (Å²) in [6, 6.07) is 0. The van der Waals surface area contributed by atoms with Crippen LogP contribution in [0.5, 0.6) is 0 Å². The summed E-state index contributed by atoms with van der Waals surface area (Å²) in [7, 11) is 0. The van der Waals surface area contributed by atoms with Gasteiger partial charge in [0, 0.05) is 18.8 Å². The van der Waals surface area contributed by atoms with Crippen molar-refractivity contribution in [2.24, 2.45) is 5.41 Å². The van der Waals surface area contributed by atoms with Crippen LogP contribution in [0.4, 0.5) is 8.78 Å². The molecule has 0 aromatic carbocycles. The largest absolute Gasteiger partial charge is 0.462 e. The smallest absolute Gasteiger partial charge is 0.343 e. The highest BCUT2D eigenvalue weighted by molar-refractivity contribution is 5.92. The quantitative estimate of drug-likeness (QED) is 0.866. The Morgan fingerprint density at radius 2 is 2.21 bits per heavy atom. The van der Waals surface area contributed by atoms with Crippen LogP contribution in [0, 0.1) is 5.41 Å². The van der Waals surface area contributed by atoms with Crippen LogP contribution in [0.25, 0.3) is 5.82 Å². The number of nitrogens with zero attached hydrogens (tertiary/aromatic N) is 4. The van der Waals surface area contributed by atoms with Crippen molar-refractivity contribution < 1.29 is 18.3 Å². The van der Waals surface area contributed by atoms with E-state index >= 15 is 0 Å². The molecule has 2 aromatic heterocycles. The van der Waals surface area contributed by atoms with Gasteiger partial charge >= 0.3 is 5.97 Å². The van der Waals surface area contributed by atoms with Crippen LogP contribution < -0.4 is 0 Å². The van der Waals surface area contributed by atoms with Crippen molar-refractivity contribution in [2.75, 3.05) is 6.61 Å². The maximum absolute atomic E-state index is 13.1. The first kappa shape index (κ1) is 15.2. The standard InChI is InChI=1S/C15H17F2N5O2/c1-2-24-13(23)10-5-18-20-12(10)22-6-11(19-21-22)9-3-14(4-9)7-15(16,17)8-14/h5-6,9H,2-4,7-8H2,1H3,(H,18,20). The first-order chi connectivity index (χ1) is 11.4. The average Bonchev–Trinajstić information content (AvgIpc) is 3.10. The van der Waals surface area contributed by atoms with Gasteiger partial charge in [-0.1, -0.05) is 5.21 Å². The van der Waals surface area contributed by atoms with Gasteiger partial charge in [-0.25, -0.2) is 18.3 Å². The number of carbonyl (C=O) groups is 1. The number of nitrogens with one attached hydrogen (secondary N) is 1. The third-order valence-electron chi connectivity index (χ3n) is 4.90. The van der Waals surface area contributed by atoms with Crippen LogP contribution in [0.3, 0.4) is 0 Å². The molecule has 0 atom stereocenters. The lowest BCUT2D eigenvalue weighted by Gasteiger charge is -2.56. The molecule has 2 aliphatic rings. The fourth-order valence-corrected chi connectivity index (χ4v) is 3.91. The van der Waals surface area contributed by atoms with Gasteiger partial charge in [-0.05, 0) is 25.2 Å². The normalized spacial score (nSPS) is 21.3. The van der Waals surface area contributed by atoms with E-state index in [0.717, 1.165) is 18.5 Å². The predicted octanol–water partition coefficient (Wildman–Crippen LogP) is 2.46. The van der Waals surface area contributed by atoms with Crippen molar-refractivity contribution >= 4 is 5.97 Å². The molecule has 0 saturated heterocycles. The van der Waals surface area contributed by atoms with Crippen LogP contribution in [0.15, 0.2) is 12.4 Å². The summed E-state index contributed by atoms with van der Waals surface area (Å²) in [5.41, 5.74) is 0.819. The third-order valence-corrected chi connectivity index (χ3v) is 4.90. The number of hydrogen-bond donors (Lipinski definition) is 1. The number of halogens is 2. The van der Waals surface area contributed by atoms with Crippen molar-refractivity contribution in [2.45, 2.75) is 44.4 Å². The molecule has 0 amide bonds. The van der Waals surface area contributed by atoms with Crippen molar-refractivity contribution in [1.82, 2.24) is 25.2 Å². The zero-order valence-corrected chi connectivity index (χ0v) is 13.1. The van der Waals surface area contributed by atoms with Gasteiger partial charge in [0.15, 0.2) is 5.82 Å². The molecule has 2 heterocycles. The van der Waals surface area contributed by atoms with E-state index in [1.54, 1.807) is 13.1 Å². The Balaban J connectivity index is 1.47. The summed E-state index contributed by atoms with van der Waals surface area (Å²) < 4.78 is 32.6. The van der Waals surface area contributed by atoms with Crippen LogP contribution in [-0.4, -0.2) is 43.7 Å². The molecule has 0 unspecified atom stereocenters. The number of H-pyrrole nitrogens is 1. The molecule has 7 nitrogen and oxygen atoms in total. The number of hydrogen-bond acceptors (Lipinski definition) is 5. The Kier molecular flexibility index (Phi) is 3.23. The maximum atomic E-state index is 13.1. The summed E-state index contributed by atoms with van der Waals surface area (Å²) in [4.78, 5) is 11.9. The minimum Gasteiger partial charge on any atom is -0.462 e. The molecule has 2 aliphatic carbocycles. The van der Waals surface area contributed by atoms with Gasteiger partial charge < -0.3 is 4.74 Å². The molecule has 2 saturated carbocycles. The predicted molar refractivity (Wildman–Crippen MR) is 78.1 cm³/mol. The minimum absolute atomic E-state index is 0.0157. The zero-order chi connectivity index (χ0) is 16.9. The van der Waals surface area contributed by atoms with Crippen LogP contribution in [0.1, 0.15) is 54.6 Å². The highest BCUT2D eigenvalue weighted by atomic mass is 19.3. The van der Waals surface area contributed by atoms with Crippen molar-refractivity contribution in [3.8, 4) is 5.82 Å². The third kappa shape index (κ3) is 2.38. The van der Waals surface area contributed by atoms with E-state index in [1.807, 2.05) is 0 Å². The number of ether oxygens (including phenoxy) is 1. The Morgan fingerprint density at radius 3 is 2.88 bits per heavy atom. The van der Waals surface area contributed by atoms with Gasteiger partial charge in [-0.3, -0.25) is 5.10 Å². The molecule has 9 heteroatoms. The molecular weight excluding hydrogens is 320 g/mol. The van der Waals surface area contributed by atoms with Crippen molar-refractivity contribution in [3.05, 3.63) is 23.7 Å². The lowest BCUT2D eigenvalue weighted by molar-refractivity contribution is -0.196. The molecule has 128 valence electrons. The summed E-state index contributed by atoms with van der Waals surface area (Å²) in [6.45, 7) is 1.99. The van der Waals surface area contributed by atoms with E-state index in [4.69, 9.17) is 4.74 Å². The molecule has 0 radical (unpaired) electrons. The monoisotopic (exact) mass is 337 g/mol. The maximum Gasteiger partial charge on any atom is 0.343 e. The van der Waals surface area contributed by atoms with E-state index in [9.17, 15) is 13.6 Å². The highest BCUT2D eigenvalue weighted by Gasteiger charge is 2.62. The Labute approximate surface area is 136 Å². The van der Waals surface area contributed by atoms with Crippen LogP contribution >= 0.6 is 0 Å². The molecule has 24 heavy (non-hydrogen) atoms. The number of rotatable bonds is 4. The van der Waals surface area contributed by atoms with Crippen LogP contribution in [-0.2, 0) is 4.74 Å². The van der Waals surface area contributed by atoms with E-state index in [0.29, 0.717) is 5.82 Å². The highest BCUT2D eigenvalue weighted by Crippen LogP contribution is 2.66. The first-order valence-corrected chi connectivity index (χ1v) is 7.92. The van der Waals surface area contributed by atoms with Crippen molar-refractivity contribution in [1.29, 1.82) is 0 Å². The summed E-state index contributed by atoms with van der Waals surface area (Å²) >= 11 is 0. The van der Waals surface area contributed by atoms with Gasteiger partial charge in [-0.2, -0.15) is 5.10 Å². The number of aromatic nitrogens is 5. The van der Waals surface area contributed by atoms with Gasteiger partial charge in [-0.15, -0.1) is 5.10 Å². The fraction of sp³-hybridized carbons (Fsp3) is 0.600. The second-order valence-electron chi connectivity index (χ2n) is 6.76. The van der Waals surface area contributed by atoms with Crippen LogP contribution in [0.2, 0.25) is 0 Å². The lowest BCUT2D eigenvalue weighted by Crippen LogP contribution is -2.52. The Bertz CT molecular complexity index is 768. The van der Waals surface area contributed by atoms with Gasteiger partial charge in [0.05, 0.1) is 24.7 Å². The summed E-state index contributed by atoms with van der Waals surface area (Å²) in [5.74, 6) is -2.45. The molecular formula is C15H17F2N5O2. The summed E-state index contributed by atoms with van der Waals surface area (Å²) in [5, 5.41) is 14.7. The fourth-order valence-electron chi connectivity index (χ4n) is 3.91. The Hall–Kier alpha value is -2.32. The molecule has 0 aliphatic heterocycles. The van der Waals surface area contributed by atoms with E-state index in [1.165, 1.54) is 10.9 Å². The van der Waals surface area contributed by atoms with Gasteiger partial charge in [0.1, 0.15) is 5.56 Å². The van der Waals surface area contributed by atoms with Gasteiger partial charge in [0.25, 0.3) is 0 Å². The summed E-state index contributed by atoms with van der Waals surface area (Å²) in [6.07, 6.45) is 4.49. The Morgan fingerprint density at radius 1 is 1.46 bits per heavy atom.